The lowest BCUT2D eigenvalue weighted by atomic mass is 10.0. The standard InChI is InChI=1S/C25H19F2NO5/c1-31-20-11-10-17(25(30)28-23-18(26)8-5-9-19(23)27)22-16(14-33-24(20)22)12-21(29)32-13-15-6-3-2-4-7-15/h2-11,14H,12-13H2,1H3,(H,28,30). The minimum atomic E-state index is -0.912. The molecule has 0 aliphatic carbocycles. The molecule has 0 aliphatic heterocycles. The van der Waals surface area contributed by atoms with Gasteiger partial charge in [0, 0.05) is 10.9 Å². The second-order valence-corrected chi connectivity index (χ2v) is 7.15. The third kappa shape index (κ3) is 4.69. The maximum absolute atomic E-state index is 14.0. The molecule has 1 heterocycles. The summed E-state index contributed by atoms with van der Waals surface area (Å²) in [5, 5.41) is 2.55. The molecule has 0 aliphatic rings. The summed E-state index contributed by atoms with van der Waals surface area (Å²) in [4.78, 5) is 25.4. The van der Waals surface area contributed by atoms with Gasteiger partial charge < -0.3 is 19.2 Å². The van der Waals surface area contributed by atoms with E-state index in [1.165, 1.54) is 31.6 Å². The highest BCUT2D eigenvalue weighted by molar-refractivity contribution is 6.14. The Bertz CT molecular complexity index is 1300. The number of fused-ring (bicyclic) bond motifs is 1. The van der Waals surface area contributed by atoms with Crippen LogP contribution in [0.4, 0.5) is 14.5 Å². The molecule has 8 heteroatoms. The van der Waals surface area contributed by atoms with Gasteiger partial charge in [-0.3, -0.25) is 9.59 Å². The molecule has 6 nitrogen and oxygen atoms in total. The molecular formula is C25H19F2NO5. The van der Waals surface area contributed by atoms with Crippen molar-refractivity contribution in [3.05, 3.63) is 95.3 Å². The van der Waals surface area contributed by atoms with E-state index >= 15 is 0 Å². The van der Waals surface area contributed by atoms with Crippen molar-refractivity contribution < 1.29 is 32.3 Å². The van der Waals surface area contributed by atoms with Crippen molar-refractivity contribution in [3.8, 4) is 5.75 Å². The van der Waals surface area contributed by atoms with E-state index in [9.17, 15) is 18.4 Å². The van der Waals surface area contributed by atoms with Crippen LogP contribution in [0.2, 0.25) is 0 Å². The number of carbonyl (C=O) groups is 2. The number of carbonyl (C=O) groups excluding carboxylic acids is 2. The van der Waals surface area contributed by atoms with Crippen molar-refractivity contribution in [1.29, 1.82) is 0 Å². The van der Waals surface area contributed by atoms with Gasteiger partial charge in [-0.1, -0.05) is 36.4 Å². The number of hydrogen-bond donors (Lipinski definition) is 1. The lowest BCUT2D eigenvalue weighted by Crippen LogP contribution is -2.15. The summed E-state index contributed by atoms with van der Waals surface area (Å²) >= 11 is 0. The lowest BCUT2D eigenvalue weighted by molar-refractivity contribution is -0.144. The number of methoxy groups -OCH3 is 1. The topological polar surface area (TPSA) is 77.8 Å². The summed E-state index contributed by atoms with van der Waals surface area (Å²) in [5.74, 6) is -2.79. The predicted octanol–water partition coefficient (Wildman–Crippen LogP) is 5.26. The zero-order valence-corrected chi connectivity index (χ0v) is 17.6. The van der Waals surface area contributed by atoms with E-state index in [4.69, 9.17) is 13.9 Å². The molecule has 1 aromatic heterocycles. The number of ether oxygens (including phenoxy) is 2. The van der Waals surface area contributed by atoms with Crippen LogP contribution in [-0.2, 0) is 22.6 Å². The molecule has 1 amide bonds. The summed E-state index contributed by atoms with van der Waals surface area (Å²) < 4.78 is 44.2. The predicted molar refractivity (Wildman–Crippen MR) is 117 cm³/mol. The maximum atomic E-state index is 14.0. The Kier molecular flexibility index (Phi) is 6.35. The molecule has 3 aromatic carbocycles. The Balaban J connectivity index is 1.63. The number of furan rings is 1. The van der Waals surface area contributed by atoms with E-state index in [0.29, 0.717) is 16.7 Å². The van der Waals surface area contributed by atoms with Crippen molar-refractivity contribution >= 4 is 28.5 Å². The Morgan fingerprint density at radius 1 is 0.970 bits per heavy atom. The van der Waals surface area contributed by atoms with Crippen molar-refractivity contribution in [1.82, 2.24) is 0 Å². The SMILES string of the molecule is COc1ccc(C(=O)Nc2c(F)cccc2F)c2c(CC(=O)OCc3ccccc3)coc12. The molecule has 0 saturated carbocycles. The zero-order valence-electron chi connectivity index (χ0n) is 17.6. The van der Waals surface area contributed by atoms with Crippen molar-refractivity contribution in [2.75, 3.05) is 12.4 Å². The lowest BCUT2D eigenvalue weighted by Gasteiger charge is -2.10. The van der Waals surface area contributed by atoms with Gasteiger partial charge in [-0.2, -0.15) is 0 Å². The van der Waals surface area contributed by atoms with Gasteiger partial charge in [-0.15, -0.1) is 0 Å². The average molecular weight is 451 g/mol. The van der Waals surface area contributed by atoms with Gasteiger partial charge in [0.15, 0.2) is 11.3 Å². The first kappa shape index (κ1) is 22.0. The maximum Gasteiger partial charge on any atom is 0.310 e. The third-order valence-electron chi connectivity index (χ3n) is 5.00. The van der Waals surface area contributed by atoms with Crippen LogP contribution >= 0.6 is 0 Å². The molecule has 0 fully saturated rings. The summed E-state index contributed by atoms with van der Waals surface area (Å²) in [5.41, 5.74) is 0.925. The van der Waals surface area contributed by atoms with E-state index in [-0.39, 0.29) is 24.2 Å². The Hall–Kier alpha value is -4.20. The summed E-state index contributed by atoms with van der Waals surface area (Å²) in [6.45, 7) is 0.0959. The van der Waals surface area contributed by atoms with Gasteiger partial charge in [0.05, 0.1) is 25.4 Å². The largest absolute Gasteiger partial charge is 0.493 e. The van der Waals surface area contributed by atoms with Gasteiger partial charge in [-0.05, 0) is 29.8 Å². The minimum absolute atomic E-state index is 0.0630. The van der Waals surface area contributed by atoms with E-state index in [2.05, 4.69) is 5.32 Å². The van der Waals surface area contributed by atoms with Crippen LogP contribution in [0.25, 0.3) is 11.0 Å². The molecule has 0 radical (unpaired) electrons. The van der Waals surface area contributed by atoms with Crippen molar-refractivity contribution in [2.45, 2.75) is 13.0 Å². The second kappa shape index (κ2) is 9.52. The summed E-state index contributed by atoms with van der Waals surface area (Å²) in [6, 6.07) is 15.4. The fourth-order valence-electron chi connectivity index (χ4n) is 3.41. The fraction of sp³-hybridized carbons (Fsp3) is 0.120. The molecule has 168 valence electrons. The molecule has 4 rings (SSSR count). The van der Waals surface area contributed by atoms with Crippen LogP contribution < -0.4 is 10.1 Å². The highest BCUT2D eigenvalue weighted by atomic mass is 19.1. The van der Waals surface area contributed by atoms with Crippen LogP contribution in [0.1, 0.15) is 21.5 Å². The Morgan fingerprint density at radius 2 is 1.70 bits per heavy atom. The molecular weight excluding hydrogens is 432 g/mol. The average Bonchev–Trinajstić information content (AvgIpc) is 3.24. The summed E-state index contributed by atoms with van der Waals surface area (Å²) in [6.07, 6.45) is 1.15. The fourth-order valence-corrected chi connectivity index (χ4v) is 3.41. The van der Waals surface area contributed by atoms with Gasteiger partial charge in [0.2, 0.25) is 0 Å². The van der Waals surface area contributed by atoms with Crippen LogP contribution in [-0.4, -0.2) is 19.0 Å². The van der Waals surface area contributed by atoms with Crippen molar-refractivity contribution in [2.24, 2.45) is 0 Å². The zero-order chi connectivity index (χ0) is 23.4. The first-order chi connectivity index (χ1) is 16.0. The number of hydrogen-bond acceptors (Lipinski definition) is 5. The number of rotatable bonds is 7. The van der Waals surface area contributed by atoms with E-state index in [0.717, 1.165) is 17.7 Å². The summed E-state index contributed by atoms with van der Waals surface area (Å²) in [7, 11) is 1.43. The first-order valence-corrected chi connectivity index (χ1v) is 10.00. The molecule has 0 bridgehead atoms. The number of esters is 1. The minimum Gasteiger partial charge on any atom is -0.493 e. The molecule has 33 heavy (non-hydrogen) atoms. The quantitative estimate of drug-likeness (QED) is 0.388. The van der Waals surface area contributed by atoms with E-state index in [1.807, 2.05) is 30.3 Å². The van der Waals surface area contributed by atoms with Crippen molar-refractivity contribution in [3.63, 3.8) is 0 Å². The molecule has 4 aromatic rings. The van der Waals surface area contributed by atoms with Crippen LogP contribution in [0.15, 0.2) is 71.3 Å². The number of para-hydroxylation sites is 1. The molecule has 0 spiro atoms. The molecule has 0 saturated heterocycles. The first-order valence-electron chi connectivity index (χ1n) is 10.00. The Labute approximate surface area is 187 Å². The number of nitrogens with one attached hydrogen (secondary N) is 1. The number of amides is 1. The highest BCUT2D eigenvalue weighted by Gasteiger charge is 2.23. The van der Waals surface area contributed by atoms with E-state index in [1.54, 1.807) is 0 Å². The highest BCUT2D eigenvalue weighted by Crippen LogP contribution is 2.34. The van der Waals surface area contributed by atoms with Crippen LogP contribution in [0.3, 0.4) is 0 Å². The van der Waals surface area contributed by atoms with Gasteiger partial charge in [-0.25, -0.2) is 8.78 Å². The second-order valence-electron chi connectivity index (χ2n) is 7.15. The monoisotopic (exact) mass is 451 g/mol. The molecule has 0 atom stereocenters. The molecule has 1 N–H and O–H groups in total. The number of benzene rings is 3. The van der Waals surface area contributed by atoms with Crippen LogP contribution in [0, 0.1) is 11.6 Å². The normalized spacial score (nSPS) is 10.8. The number of anilines is 1. The van der Waals surface area contributed by atoms with Crippen LogP contribution in [0.5, 0.6) is 5.75 Å². The third-order valence-corrected chi connectivity index (χ3v) is 5.00. The number of halogens is 2. The van der Waals surface area contributed by atoms with E-state index < -0.39 is 29.2 Å². The van der Waals surface area contributed by atoms with Gasteiger partial charge >= 0.3 is 5.97 Å². The smallest absolute Gasteiger partial charge is 0.310 e. The van der Waals surface area contributed by atoms with Gasteiger partial charge in [0.25, 0.3) is 5.91 Å². The Morgan fingerprint density at radius 3 is 2.39 bits per heavy atom. The molecule has 0 unspecified atom stereocenters. The van der Waals surface area contributed by atoms with Gasteiger partial charge in [0.1, 0.15) is 23.9 Å².